The fourth-order valence-electron chi connectivity index (χ4n) is 2.33. The second-order valence-corrected chi connectivity index (χ2v) is 7.73. The van der Waals surface area contributed by atoms with Crippen LogP contribution in [-0.4, -0.2) is 33.8 Å². The Balaban J connectivity index is 2.10. The first-order valence-corrected chi connectivity index (χ1v) is 9.81. The molecule has 3 N–H and O–H groups in total. The van der Waals surface area contributed by atoms with E-state index in [1.807, 2.05) is 0 Å². The third kappa shape index (κ3) is 4.22. The topological polar surface area (TPSA) is 154 Å². The zero-order valence-corrected chi connectivity index (χ0v) is 16.4. The summed E-state index contributed by atoms with van der Waals surface area (Å²) in [6, 6.07) is 10.0. The number of rotatable bonds is 5. The van der Waals surface area contributed by atoms with Gasteiger partial charge in [0.1, 0.15) is 10.6 Å². The summed E-state index contributed by atoms with van der Waals surface area (Å²) in [6.45, 7) is 0. The van der Waals surface area contributed by atoms with E-state index in [1.165, 1.54) is 0 Å². The quantitative estimate of drug-likeness (QED) is 0.391. The van der Waals surface area contributed by atoms with Crippen LogP contribution in [0.15, 0.2) is 62.4 Å². The first kappa shape index (κ1) is 20.7. The van der Waals surface area contributed by atoms with E-state index in [2.05, 4.69) is 15.3 Å². The van der Waals surface area contributed by atoms with E-state index in [0.29, 0.717) is 5.69 Å². The molecule has 0 saturated carbocycles. The average Bonchev–Trinajstić information content (AvgIpc) is 2.98. The third-order valence-corrected chi connectivity index (χ3v) is 5.25. The van der Waals surface area contributed by atoms with E-state index >= 15 is 0 Å². The number of H-pyrrole nitrogens is 1. The molecule has 0 saturated heterocycles. The van der Waals surface area contributed by atoms with Crippen LogP contribution in [0.25, 0.3) is 5.69 Å². The fraction of sp³-hybridized carbons (Fsp3) is 0. The van der Waals surface area contributed by atoms with Crippen molar-refractivity contribution in [3.05, 3.63) is 68.6 Å². The molecule has 150 valence electrons. The number of aromatic amines is 1. The van der Waals surface area contributed by atoms with Gasteiger partial charge in [-0.1, -0.05) is 41.4 Å². The second kappa shape index (κ2) is 7.79. The zero-order valence-electron chi connectivity index (χ0n) is 14.1. The molecule has 13 heteroatoms. The Morgan fingerprint density at radius 2 is 1.72 bits per heavy atom. The van der Waals surface area contributed by atoms with Crippen molar-refractivity contribution in [2.75, 3.05) is 0 Å². The molecule has 0 aliphatic heterocycles. The molecule has 0 amide bonds. The molecule has 0 aliphatic rings. The van der Waals surface area contributed by atoms with Gasteiger partial charge in [-0.15, -0.1) is 10.2 Å². The van der Waals surface area contributed by atoms with Crippen molar-refractivity contribution in [2.45, 2.75) is 4.90 Å². The van der Waals surface area contributed by atoms with Crippen LogP contribution in [0.2, 0.25) is 10.0 Å². The number of para-hydroxylation sites is 1. The van der Waals surface area contributed by atoms with Gasteiger partial charge in [-0.3, -0.25) is 14.4 Å². The minimum atomic E-state index is -4.62. The molecule has 0 atom stereocenters. The molecular weight excluding hydrogens is 447 g/mol. The fourth-order valence-corrected chi connectivity index (χ4v) is 3.61. The maximum atomic E-state index is 12.6. The van der Waals surface area contributed by atoms with Gasteiger partial charge < -0.3 is 5.11 Å². The van der Waals surface area contributed by atoms with Crippen LogP contribution >= 0.6 is 23.2 Å². The summed E-state index contributed by atoms with van der Waals surface area (Å²) < 4.78 is 32.6. The van der Waals surface area contributed by atoms with Crippen LogP contribution in [0.5, 0.6) is 0 Å². The number of hydrogen-bond acceptors (Lipinski definition) is 6. The van der Waals surface area contributed by atoms with E-state index in [4.69, 9.17) is 27.8 Å². The number of hydrogen-bond donors (Lipinski definition) is 3. The van der Waals surface area contributed by atoms with Crippen molar-refractivity contribution >= 4 is 50.7 Å². The first-order chi connectivity index (χ1) is 13.6. The highest BCUT2D eigenvalue weighted by Gasteiger charge is 2.21. The van der Waals surface area contributed by atoms with Crippen LogP contribution < -0.4 is 5.56 Å². The molecular formula is C16H10Cl2N4O6S. The van der Waals surface area contributed by atoms with E-state index in [-0.39, 0.29) is 15.7 Å². The number of halogens is 2. The molecule has 0 bridgehead atoms. The van der Waals surface area contributed by atoms with Crippen molar-refractivity contribution in [3.8, 4) is 5.69 Å². The molecule has 0 aliphatic carbocycles. The Labute approximate surface area is 172 Å². The standard InChI is InChI=1S/C16H10Cl2N4O6S/c17-9-7-12(29(26,27)28)10(18)6-11(9)19-20-13-14(16(24)25)21-22(15(13)23)8-4-2-1-3-5-8/h1-7,21H,(H,24,25)(H,26,27,28). The van der Waals surface area contributed by atoms with Gasteiger partial charge in [0.25, 0.3) is 15.7 Å². The van der Waals surface area contributed by atoms with Crippen LogP contribution in [0.1, 0.15) is 10.5 Å². The number of carboxylic acid groups (broad SMARTS) is 1. The van der Waals surface area contributed by atoms with Crippen molar-refractivity contribution in [1.82, 2.24) is 9.78 Å². The van der Waals surface area contributed by atoms with Gasteiger partial charge in [0.2, 0.25) is 0 Å². The Hall–Kier alpha value is -2.99. The molecule has 10 nitrogen and oxygen atoms in total. The van der Waals surface area contributed by atoms with Crippen LogP contribution in [0.3, 0.4) is 0 Å². The summed E-state index contributed by atoms with van der Waals surface area (Å²) in [5, 5.41) is 18.5. The maximum Gasteiger partial charge on any atom is 0.356 e. The highest BCUT2D eigenvalue weighted by Crippen LogP contribution is 2.34. The number of nitrogens with one attached hydrogen (secondary N) is 1. The normalized spacial score (nSPS) is 11.8. The molecule has 0 radical (unpaired) electrons. The van der Waals surface area contributed by atoms with Gasteiger partial charge >= 0.3 is 5.97 Å². The number of aromatic carboxylic acids is 1. The maximum absolute atomic E-state index is 12.6. The number of carboxylic acids is 1. The number of nitrogens with zero attached hydrogens (tertiary/aromatic N) is 3. The molecule has 1 aromatic heterocycles. The molecule has 3 rings (SSSR count). The zero-order chi connectivity index (χ0) is 21.3. The van der Waals surface area contributed by atoms with Gasteiger partial charge in [-0.2, -0.15) is 8.42 Å². The Kier molecular flexibility index (Phi) is 5.57. The first-order valence-electron chi connectivity index (χ1n) is 7.61. The van der Waals surface area contributed by atoms with Crippen LogP contribution in [0, 0.1) is 0 Å². The van der Waals surface area contributed by atoms with Gasteiger partial charge in [0, 0.05) is 0 Å². The number of aromatic nitrogens is 2. The molecule has 29 heavy (non-hydrogen) atoms. The Bertz CT molecular complexity index is 1300. The lowest BCUT2D eigenvalue weighted by atomic mass is 10.3. The average molecular weight is 457 g/mol. The van der Waals surface area contributed by atoms with Gasteiger partial charge in [0.05, 0.1) is 15.7 Å². The van der Waals surface area contributed by atoms with E-state index < -0.39 is 37.9 Å². The van der Waals surface area contributed by atoms with E-state index in [9.17, 15) is 23.1 Å². The summed E-state index contributed by atoms with van der Waals surface area (Å²) in [4.78, 5) is 23.4. The van der Waals surface area contributed by atoms with Crippen LogP contribution in [0.4, 0.5) is 11.4 Å². The van der Waals surface area contributed by atoms with Crippen molar-refractivity contribution in [1.29, 1.82) is 0 Å². The summed E-state index contributed by atoms with van der Waals surface area (Å²) in [5.41, 5.74) is -1.58. The molecule has 0 fully saturated rings. The summed E-state index contributed by atoms with van der Waals surface area (Å²) in [5.74, 6) is -1.45. The van der Waals surface area contributed by atoms with Crippen molar-refractivity contribution in [2.24, 2.45) is 10.2 Å². The SMILES string of the molecule is O=C(O)c1[nH]n(-c2ccccc2)c(=O)c1N=Nc1cc(Cl)c(S(=O)(=O)O)cc1Cl. The second-order valence-electron chi connectivity index (χ2n) is 5.53. The Morgan fingerprint density at radius 3 is 2.31 bits per heavy atom. The summed E-state index contributed by atoms with van der Waals surface area (Å²) >= 11 is 11.7. The third-order valence-electron chi connectivity index (χ3n) is 3.63. The van der Waals surface area contributed by atoms with Gasteiger partial charge in [-0.05, 0) is 24.3 Å². The predicted octanol–water partition coefficient (Wildman–Crippen LogP) is 3.83. The van der Waals surface area contributed by atoms with Gasteiger partial charge in [-0.25, -0.2) is 9.48 Å². The predicted molar refractivity (Wildman–Crippen MR) is 104 cm³/mol. The van der Waals surface area contributed by atoms with Crippen molar-refractivity contribution < 1.29 is 22.9 Å². The minimum Gasteiger partial charge on any atom is -0.476 e. The molecule has 0 spiro atoms. The molecule has 3 aromatic rings. The molecule has 0 unspecified atom stereocenters. The lowest BCUT2D eigenvalue weighted by molar-refractivity contribution is 0.0690. The number of azo groups is 1. The monoisotopic (exact) mass is 456 g/mol. The molecule has 2 aromatic carbocycles. The summed E-state index contributed by atoms with van der Waals surface area (Å²) in [6.07, 6.45) is 0. The van der Waals surface area contributed by atoms with Gasteiger partial charge in [0.15, 0.2) is 11.4 Å². The van der Waals surface area contributed by atoms with Crippen molar-refractivity contribution in [3.63, 3.8) is 0 Å². The molecule has 1 heterocycles. The number of benzene rings is 2. The minimum absolute atomic E-state index is 0.146. The van der Waals surface area contributed by atoms with E-state index in [0.717, 1.165) is 16.8 Å². The lowest BCUT2D eigenvalue weighted by Gasteiger charge is -2.03. The largest absolute Gasteiger partial charge is 0.476 e. The number of carbonyl (C=O) groups is 1. The Morgan fingerprint density at radius 1 is 1.07 bits per heavy atom. The van der Waals surface area contributed by atoms with Crippen LogP contribution in [-0.2, 0) is 10.1 Å². The summed E-state index contributed by atoms with van der Waals surface area (Å²) in [7, 11) is -4.62. The highest BCUT2D eigenvalue weighted by molar-refractivity contribution is 7.86. The van der Waals surface area contributed by atoms with E-state index in [1.54, 1.807) is 30.3 Å². The smallest absolute Gasteiger partial charge is 0.356 e. The highest BCUT2D eigenvalue weighted by atomic mass is 35.5. The lowest BCUT2D eigenvalue weighted by Crippen LogP contribution is -2.13.